The third kappa shape index (κ3) is 3.48. The highest BCUT2D eigenvalue weighted by Crippen LogP contribution is 2.29. The van der Waals surface area contributed by atoms with Crippen LogP contribution in [0.4, 0.5) is 0 Å². The monoisotopic (exact) mass is 305 g/mol. The van der Waals surface area contributed by atoms with Crippen molar-refractivity contribution in [2.75, 3.05) is 7.05 Å². The van der Waals surface area contributed by atoms with Gasteiger partial charge in [0.05, 0.1) is 4.91 Å². The Hall–Kier alpha value is -2.61. The number of carbonyl (C=O) groups excluding carboxylic acids is 2. The van der Waals surface area contributed by atoms with Gasteiger partial charge in [0.2, 0.25) is 0 Å². The molecule has 0 saturated carbocycles. The summed E-state index contributed by atoms with van der Waals surface area (Å²) >= 11 is 0.884. The van der Waals surface area contributed by atoms with Gasteiger partial charge in [-0.25, -0.2) is 10.2 Å². The molecular formula is C13H11N3O4S. The van der Waals surface area contributed by atoms with Crippen molar-refractivity contribution in [1.29, 1.82) is 0 Å². The number of aliphatic carboxylic acids is 1. The molecule has 0 unspecified atom stereocenters. The molecule has 1 aromatic rings. The van der Waals surface area contributed by atoms with Crippen LogP contribution in [-0.2, 0) is 9.59 Å². The number of hydrogen-bond donors (Lipinski definition) is 2. The minimum atomic E-state index is -1.21. The summed E-state index contributed by atoms with van der Waals surface area (Å²) in [6.45, 7) is 0. The smallest absolute Gasteiger partial charge is 0.329 e. The second-order valence-corrected chi connectivity index (χ2v) is 5.02. The number of amides is 2. The molecule has 1 aliphatic rings. The minimum absolute atomic E-state index is 0.0395. The molecule has 0 bridgehead atoms. The minimum Gasteiger partial charge on any atom is -0.478 e. The fourth-order valence-electron chi connectivity index (χ4n) is 1.52. The van der Waals surface area contributed by atoms with Crippen LogP contribution in [0.5, 0.6) is 0 Å². The molecule has 108 valence electrons. The quantitative estimate of drug-likeness (QED) is 0.637. The van der Waals surface area contributed by atoms with E-state index < -0.39 is 17.8 Å². The van der Waals surface area contributed by atoms with Crippen LogP contribution in [0, 0.1) is 0 Å². The summed E-state index contributed by atoms with van der Waals surface area (Å²) in [5.41, 5.74) is 2.76. The van der Waals surface area contributed by atoms with E-state index in [1.807, 2.05) is 0 Å². The van der Waals surface area contributed by atoms with Crippen molar-refractivity contribution in [3.8, 4) is 0 Å². The average Bonchev–Trinajstić information content (AvgIpc) is 2.73. The lowest BCUT2D eigenvalue weighted by Gasteiger charge is -2.07. The average molecular weight is 305 g/mol. The van der Waals surface area contributed by atoms with Crippen LogP contribution < -0.4 is 5.43 Å². The Morgan fingerprint density at radius 1 is 1.33 bits per heavy atom. The molecule has 0 spiro atoms. The fraction of sp³-hybridized carbons (Fsp3) is 0.0769. The van der Waals surface area contributed by atoms with Crippen molar-refractivity contribution >= 4 is 34.7 Å². The molecular weight excluding hydrogens is 294 g/mol. The molecule has 1 aliphatic heterocycles. The van der Waals surface area contributed by atoms with E-state index in [1.54, 1.807) is 30.3 Å². The van der Waals surface area contributed by atoms with Crippen LogP contribution in [-0.4, -0.2) is 40.0 Å². The first-order chi connectivity index (χ1) is 9.99. The van der Waals surface area contributed by atoms with Gasteiger partial charge in [-0.1, -0.05) is 18.2 Å². The molecule has 1 heterocycles. The lowest BCUT2D eigenvalue weighted by molar-refractivity contribution is -0.132. The zero-order valence-electron chi connectivity index (χ0n) is 10.9. The van der Waals surface area contributed by atoms with E-state index in [2.05, 4.69) is 10.5 Å². The number of rotatable bonds is 3. The van der Waals surface area contributed by atoms with Gasteiger partial charge in [0, 0.05) is 18.7 Å². The van der Waals surface area contributed by atoms with Crippen molar-refractivity contribution in [2.45, 2.75) is 0 Å². The molecule has 1 fully saturated rings. The third-order valence-electron chi connectivity index (χ3n) is 2.55. The summed E-state index contributed by atoms with van der Waals surface area (Å²) in [6.07, 6.45) is 0.811. The number of nitrogens with zero attached hydrogens (tertiary/aromatic N) is 2. The largest absolute Gasteiger partial charge is 0.478 e. The number of benzene rings is 1. The van der Waals surface area contributed by atoms with Crippen LogP contribution >= 0.6 is 11.8 Å². The molecule has 7 nitrogen and oxygen atoms in total. The number of hydrazone groups is 1. The van der Waals surface area contributed by atoms with Crippen LogP contribution in [0.2, 0.25) is 0 Å². The standard InChI is InChI=1S/C13H11N3O4S/c1-16-12(20)9(7-10(17)18)21-13(16)15-14-11(19)8-5-3-2-4-6-8/h2-7H,1H3,(H,14,19)(H,17,18). The molecule has 2 N–H and O–H groups in total. The molecule has 0 aliphatic carbocycles. The Balaban J connectivity index is 2.10. The molecule has 2 rings (SSSR count). The van der Waals surface area contributed by atoms with Crippen molar-refractivity contribution in [3.05, 3.63) is 46.9 Å². The summed E-state index contributed by atoms with van der Waals surface area (Å²) in [5, 5.41) is 12.7. The van der Waals surface area contributed by atoms with Crippen LogP contribution in [0.3, 0.4) is 0 Å². The number of nitrogens with one attached hydrogen (secondary N) is 1. The van der Waals surface area contributed by atoms with E-state index in [0.29, 0.717) is 5.56 Å². The van der Waals surface area contributed by atoms with E-state index in [-0.39, 0.29) is 10.1 Å². The van der Waals surface area contributed by atoms with Gasteiger partial charge < -0.3 is 5.11 Å². The summed E-state index contributed by atoms with van der Waals surface area (Å²) in [4.78, 5) is 35.4. The van der Waals surface area contributed by atoms with E-state index >= 15 is 0 Å². The van der Waals surface area contributed by atoms with E-state index in [4.69, 9.17) is 5.11 Å². The zero-order valence-corrected chi connectivity index (χ0v) is 11.8. The zero-order chi connectivity index (χ0) is 15.4. The molecule has 21 heavy (non-hydrogen) atoms. The lowest BCUT2D eigenvalue weighted by atomic mass is 10.2. The first-order valence-corrected chi connectivity index (χ1v) is 6.64. The maximum absolute atomic E-state index is 11.8. The Morgan fingerprint density at radius 3 is 2.62 bits per heavy atom. The lowest BCUT2D eigenvalue weighted by Crippen LogP contribution is -2.27. The number of carboxylic acid groups (broad SMARTS) is 1. The molecule has 0 aromatic heterocycles. The normalized spacial score (nSPS) is 18.3. The first-order valence-electron chi connectivity index (χ1n) is 5.82. The topological polar surface area (TPSA) is 99.1 Å². The van der Waals surface area contributed by atoms with Crippen LogP contribution in [0.15, 0.2) is 46.4 Å². The number of amidine groups is 1. The molecule has 2 amide bonds. The number of likely N-dealkylation sites (N-methyl/N-ethyl adjacent to an activating group) is 1. The number of carboxylic acids is 1. The Labute approximate surface area is 124 Å². The highest BCUT2D eigenvalue weighted by atomic mass is 32.2. The van der Waals surface area contributed by atoms with E-state index in [9.17, 15) is 14.4 Å². The predicted molar refractivity (Wildman–Crippen MR) is 77.4 cm³/mol. The molecule has 1 saturated heterocycles. The highest BCUT2D eigenvalue weighted by molar-refractivity contribution is 8.18. The molecule has 1 aromatic carbocycles. The maximum atomic E-state index is 11.8. The van der Waals surface area contributed by atoms with Gasteiger partial charge in [0.15, 0.2) is 5.17 Å². The Morgan fingerprint density at radius 2 is 2.00 bits per heavy atom. The number of carbonyl (C=O) groups is 3. The van der Waals surface area contributed by atoms with Crippen LogP contribution in [0.1, 0.15) is 10.4 Å². The Bertz CT molecular complexity index is 655. The summed E-state index contributed by atoms with van der Waals surface area (Å²) in [5.74, 6) is -2.11. The van der Waals surface area contributed by atoms with Crippen molar-refractivity contribution in [2.24, 2.45) is 5.10 Å². The molecule has 8 heteroatoms. The Kier molecular flexibility index (Phi) is 4.39. The summed E-state index contributed by atoms with van der Waals surface area (Å²) in [6, 6.07) is 8.47. The van der Waals surface area contributed by atoms with Crippen molar-refractivity contribution < 1.29 is 19.5 Å². The van der Waals surface area contributed by atoms with Gasteiger partial charge in [-0.05, 0) is 23.9 Å². The SMILES string of the molecule is CN1C(=O)C(=CC(=O)O)SC1=NNC(=O)c1ccccc1. The fourth-order valence-corrected chi connectivity index (χ4v) is 2.41. The second-order valence-electron chi connectivity index (χ2n) is 4.01. The number of thioether (sulfide) groups is 1. The van der Waals surface area contributed by atoms with E-state index in [0.717, 1.165) is 17.8 Å². The van der Waals surface area contributed by atoms with Gasteiger partial charge in [-0.2, -0.15) is 0 Å². The van der Waals surface area contributed by atoms with Crippen molar-refractivity contribution in [3.63, 3.8) is 0 Å². The molecule has 0 atom stereocenters. The summed E-state index contributed by atoms with van der Waals surface area (Å²) in [7, 11) is 1.45. The first kappa shape index (κ1) is 14.8. The third-order valence-corrected chi connectivity index (χ3v) is 3.61. The van der Waals surface area contributed by atoms with Gasteiger partial charge >= 0.3 is 5.97 Å². The van der Waals surface area contributed by atoms with E-state index in [1.165, 1.54) is 11.9 Å². The van der Waals surface area contributed by atoms with Crippen molar-refractivity contribution in [1.82, 2.24) is 10.3 Å². The van der Waals surface area contributed by atoms with Gasteiger partial charge in [-0.15, -0.1) is 5.10 Å². The number of hydrogen-bond acceptors (Lipinski definition) is 5. The highest BCUT2D eigenvalue weighted by Gasteiger charge is 2.31. The van der Waals surface area contributed by atoms with Gasteiger partial charge in [0.1, 0.15) is 0 Å². The maximum Gasteiger partial charge on any atom is 0.329 e. The molecule has 0 radical (unpaired) electrons. The van der Waals surface area contributed by atoms with Crippen LogP contribution in [0.25, 0.3) is 0 Å². The van der Waals surface area contributed by atoms with Gasteiger partial charge in [0.25, 0.3) is 11.8 Å². The second kappa shape index (κ2) is 6.23. The predicted octanol–water partition coefficient (Wildman–Crippen LogP) is 0.861. The summed E-state index contributed by atoms with van der Waals surface area (Å²) < 4.78 is 0. The van der Waals surface area contributed by atoms with Gasteiger partial charge in [-0.3, -0.25) is 14.5 Å².